The van der Waals surface area contributed by atoms with Crippen LogP contribution in [-0.4, -0.2) is 0 Å². The Morgan fingerprint density at radius 3 is 2.35 bits per heavy atom. The Morgan fingerprint density at radius 1 is 0.706 bits per heavy atom. The van der Waals surface area contributed by atoms with Gasteiger partial charge in [0, 0.05) is 0 Å². The summed E-state index contributed by atoms with van der Waals surface area (Å²) in [6.45, 7) is 3.97. The molecule has 0 saturated carbocycles. The molecule has 0 unspecified atom stereocenters. The fourth-order valence-electron chi connectivity index (χ4n) is 2.20. The molecule has 0 aliphatic rings. The van der Waals surface area contributed by atoms with Gasteiger partial charge in [0.05, 0.1) is 0 Å². The Labute approximate surface area is 102 Å². The minimum absolute atomic E-state index is 1.06. The quantitative estimate of drug-likeness (QED) is 0.554. The highest BCUT2D eigenvalue weighted by atomic mass is 14.1. The Morgan fingerprint density at radius 2 is 1.53 bits per heavy atom. The summed E-state index contributed by atoms with van der Waals surface area (Å²) in [6, 6.07) is 23.2. The fourth-order valence-corrected chi connectivity index (χ4v) is 2.20. The maximum atomic E-state index is 3.97. The molecule has 1 radical (unpaired) electrons. The largest absolute Gasteiger partial charge is 0.0622 e. The Kier molecular flexibility index (Phi) is 2.41. The van der Waals surface area contributed by atoms with Crippen LogP contribution in [0.4, 0.5) is 0 Å². The summed E-state index contributed by atoms with van der Waals surface area (Å²) in [5.41, 5.74) is 3.60. The van der Waals surface area contributed by atoms with Gasteiger partial charge in [-0.15, -0.1) is 0 Å². The van der Waals surface area contributed by atoms with Gasteiger partial charge in [0.2, 0.25) is 0 Å². The van der Waals surface area contributed by atoms with Crippen LogP contribution in [0.1, 0.15) is 5.56 Å². The van der Waals surface area contributed by atoms with Gasteiger partial charge in [-0.3, -0.25) is 0 Å². The molecule has 0 aromatic heterocycles. The van der Waals surface area contributed by atoms with Crippen molar-refractivity contribution in [1.29, 1.82) is 0 Å². The predicted octanol–water partition coefficient (Wildman–Crippen LogP) is 4.69. The van der Waals surface area contributed by atoms with E-state index < -0.39 is 0 Å². The van der Waals surface area contributed by atoms with Crippen molar-refractivity contribution in [2.45, 2.75) is 0 Å². The first-order valence-electron chi connectivity index (χ1n) is 5.75. The lowest BCUT2D eigenvalue weighted by Gasteiger charge is -2.07. The summed E-state index contributed by atoms with van der Waals surface area (Å²) in [5.74, 6) is 0. The van der Waals surface area contributed by atoms with Crippen LogP contribution in [0.3, 0.4) is 0 Å². The van der Waals surface area contributed by atoms with E-state index in [9.17, 15) is 0 Å². The van der Waals surface area contributed by atoms with Crippen molar-refractivity contribution in [3.63, 3.8) is 0 Å². The molecule has 0 N–H and O–H groups in total. The van der Waals surface area contributed by atoms with E-state index in [-0.39, 0.29) is 0 Å². The van der Waals surface area contributed by atoms with Crippen molar-refractivity contribution in [3.8, 4) is 11.1 Å². The number of hydrogen-bond donors (Lipinski definition) is 0. The van der Waals surface area contributed by atoms with E-state index in [1.807, 2.05) is 6.07 Å². The van der Waals surface area contributed by atoms with Gasteiger partial charge in [-0.2, -0.15) is 0 Å². The average molecular weight is 217 g/mol. The molecule has 0 bridgehead atoms. The predicted molar refractivity (Wildman–Crippen MR) is 73.8 cm³/mol. The van der Waals surface area contributed by atoms with Crippen LogP contribution in [0, 0.1) is 6.92 Å². The molecule has 3 aromatic carbocycles. The van der Waals surface area contributed by atoms with Crippen molar-refractivity contribution in [3.05, 3.63) is 79.2 Å². The summed E-state index contributed by atoms with van der Waals surface area (Å²) in [4.78, 5) is 0. The van der Waals surface area contributed by atoms with Crippen LogP contribution in [0.5, 0.6) is 0 Å². The summed E-state index contributed by atoms with van der Waals surface area (Å²) in [6.07, 6.45) is 0. The number of hydrogen-bond acceptors (Lipinski definition) is 0. The molecule has 0 spiro atoms. The van der Waals surface area contributed by atoms with Gasteiger partial charge in [-0.05, 0) is 34.4 Å². The molecule has 0 aliphatic heterocycles. The highest BCUT2D eigenvalue weighted by Gasteiger charge is 2.02. The van der Waals surface area contributed by atoms with Gasteiger partial charge >= 0.3 is 0 Å². The lowest BCUT2D eigenvalue weighted by Crippen LogP contribution is -1.81. The third kappa shape index (κ3) is 1.83. The van der Waals surface area contributed by atoms with Gasteiger partial charge in [-0.1, -0.05) is 66.7 Å². The zero-order valence-corrected chi connectivity index (χ0v) is 9.56. The maximum Gasteiger partial charge on any atom is -0.0105 e. The molecule has 3 rings (SSSR count). The van der Waals surface area contributed by atoms with Crippen molar-refractivity contribution in [1.82, 2.24) is 0 Å². The topological polar surface area (TPSA) is 0 Å². The molecule has 0 fully saturated rings. The zero-order valence-electron chi connectivity index (χ0n) is 9.56. The number of benzene rings is 3. The fraction of sp³-hybridized carbons (Fsp3) is 0. The molecular weight excluding hydrogens is 204 g/mol. The van der Waals surface area contributed by atoms with Crippen LogP contribution < -0.4 is 0 Å². The second kappa shape index (κ2) is 4.06. The standard InChI is InChI=1S/C17H13/c1-13-10-11-17-15(12-13)8-5-9-16(17)14-6-3-2-4-7-14/h2-12H,1H2. The SMILES string of the molecule is [CH2]c1ccc2c(-c3ccccc3)cccc2c1. The summed E-state index contributed by atoms with van der Waals surface area (Å²) in [7, 11) is 0. The van der Waals surface area contributed by atoms with E-state index in [1.54, 1.807) is 0 Å². The molecule has 0 amide bonds. The monoisotopic (exact) mass is 217 g/mol. The summed E-state index contributed by atoms with van der Waals surface area (Å²) in [5, 5.41) is 2.53. The van der Waals surface area contributed by atoms with E-state index in [1.165, 1.54) is 21.9 Å². The summed E-state index contributed by atoms with van der Waals surface area (Å²) >= 11 is 0. The van der Waals surface area contributed by atoms with Crippen molar-refractivity contribution in [2.24, 2.45) is 0 Å². The van der Waals surface area contributed by atoms with Crippen LogP contribution in [0.15, 0.2) is 66.7 Å². The molecular formula is C17H13. The normalized spacial score (nSPS) is 10.6. The van der Waals surface area contributed by atoms with Crippen LogP contribution in [-0.2, 0) is 0 Å². The lowest BCUT2D eigenvalue weighted by molar-refractivity contribution is 1.63. The first-order valence-corrected chi connectivity index (χ1v) is 5.75. The first-order chi connectivity index (χ1) is 8.34. The zero-order chi connectivity index (χ0) is 11.7. The molecule has 0 heteroatoms. The highest BCUT2D eigenvalue weighted by Crippen LogP contribution is 2.28. The molecule has 17 heavy (non-hydrogen) atoms. The van der Waals surface area contributed by atoms with Crippen molar-refractivity contribution in [2.75, 3.05) is 0 Å². The summed E-state index contributed by atoms with van der Waals surface area (Å²) < 4.78 is 0. The molecule has 0 atom stereocenters. The minimum Gasteiger partial charge on any atom is -0.0622 e. The molecule has 0 saturated heterocycles. The molecule has 81 valence electrons. The first kappa shape index (κ1) is 10.1. The molecule has 0 nitrogen and oxygen atoms in total. The minimum atomic E-state index is 1.06. The van der Waals surface area contributed by atoms with E-state index in [0.717, 1.165) is 5.56 Å². The van der Waals surface area contributed by atoms with Gasteiger partial charge in [-0.25, -0.2) is 0 Å². The van der Waals surface area contributed by atoms with Gasteiger partial charge in [0.1, 0.15) is 0 Å². The second-order valence-corrected chi connectivity index (χ2v) is 4.23. The molecule has 0 aliphatic carbocycles. The van der Waals surface area contributed by atoms with Crippen molar-refractivity contribution >= 4 is 10.8 Å². The van der Waals surface area contributed by atoms with Crippen LogP contribution in [0.2, 0.25) is 0 Å². The highest BCUT2D eigenvalue weighted by molar-refractivity contribution is 5.97. The van der Waals surface area contributed by atoms with E-state index in [0.29, 0.717) is 0 Å². The molecule has 0 heterocycles. The smallest absolute Gasteiger partial charge is 0.0105 e. The lowest BCUT2D eigenvalue weighted by atomic mass is 9.97. The molecule has 3 aromatic rings. The Balaban J connectivity index is 2.31. The van der Waals surface area contributed by atoms with E-state index >= 15 is 0 Å². The number of fused-ring (bicyclic) bond motifs is 1. The third-order valence-corrected chi connectivity index (χ3v) is 3.03. The average Bonchev–Trinajstić information content (AvgIpc) is 2.39. The van der Waals surface area contributed by atoms with Gasteiger partial charge < -0.3 is 0 Å². The van der Waals surface area contributed by atoms with Crippen molar-refractivity contribution < 1.29 is 0 Å². The van der Waals surface area contributed by atoms with Gasteiger partial charge in [0.25, 0.3) is 0 Å². The number of rotatable bonds is 1. The third-order valence-electron chi connectivity index (χ3n) is 3.03. The second-order valence-electron chi connectivity index (χ2n) is 4.23. The van der Waals surface area contributed by atoms with Gasteiger partial charge in [0.15, 0.2) is 0 Å². The Hall–Kier alpha value is -2.08. The van der Waals surface area contributed by atoms with Crippen LogP contribution >= 0.6 is 0 Å². The van der Waals surface area contributed by atoms with Crippen LogP contribution in [0.25, 0.3) is 21.9 Å². The van der Waals surface area contributed by atoms with E-state index in [2.05, 4.69) is 67.6 Å². The Bertz CT molecular complexity index is 651. The van der Waals surface area contributed by atoms with E-state index in [4.69, 9.17) is 0 Å². The maximum absolute atomic E-state index is 3.97.